The molecule has 0 aliphatic heterocycles. The maximum Gasteiger partial charge on any atom is 0.269 e. The number of carbonyl (C=O) groups is 1. The van der Waals surface area contributed by atoms with Gasteiger partial charge in [-0.15, -0.1) is 0 Å². The second kappa shape index (κ2) is 7.57. The van der Waals surface area contributed by atoms with Gasteiger partial charge in [-0.2, -0.15) is 10.2 Å². The number of nitrogens with zero attached hydrogens (tertiary/aromatic N) is 4. The average Bonchev–Trinajstić information content (AvgIpc) is 2.54. The first-order chi connectivity index (χ1) is 11.7. The van der Waals surface area contributed by atoms with Crippen LogP contribution in [-0.2, 0) is 0 Å². The Morgan fingerprint density at radius 2 is 2.00 bits per heavy atom. The van der Waals surface area contributed by atoms with E-state index in [9.17, 15) is 9.18 Å². The van der Waals surface area contributed by atoms with Crippen LogP contribution >= 0.6 is 15.9 Å². The third-order valence-electron chi connectivity index (χ3n) is 3.06. The normalized spacial score (nSPS) is 10.9. The van der Waals surface area contributed by atoms with Crippen LogP contribution in [0.3, 0.4) is 0 Å². The van der Waals surface area contributed by atoms with Gasteiger partial charge in [-0.3, -0.25) is 15.2 Å². The molecule has 0 aliphatic rings. The van der Waals surface area contributed by atoms with Gasteiger partial charge < -0.3 is 0 Å². The third kappa shape index (κ3) is 5.22. The molecule has 1 amide bonds. The number of hydrogen-bond donors (Lipinski definition) is 1. The minimum Gasteiger partial charge on any atom is -0.267 e. The SMILES string of the molecule is CC(C)(C)CN(NC(=O)c1ccc(F)cc1)c1nc(C#N)ncc1Br. The molecule has 0 saturated heterocycles. The van der Waals surface area contributed by atoms with Crippen LogP contribution in [0.15, 0.2) is 34.9 Å². The molecule has 1 aromatic heterocycles. The predicted molar refractivity (Wildman–Crippen MR) is 95.1 cm³/mol. The Kier molecular flexibility index (Phi) is 5.69. The van der Waals surface area contributed by atoms with Crippen LogP contribution in [0.1, 0.15) is 37.0 Å². The Hall–Kier alpha value is -2.53. The first kappa shape index (κ1) is 18.8. The van der Waals surface area contributed by atoms with E-state index in [0.29, 0.717) is 22.4 Å². The van der Waals surface area contributed by atoms with Crippen molar-refractivity contribution in [3.63, 3.8) is 0 Å². The largest absolute Gasteiger partial charge is 0.269 e. The molecule has 1 N–H and O–H groups in total. The summed E-state index contributed by atoms with van der Waals surface area (Å²) in [4.78, 5) is 20.5. The lowest BCUT2D eigenvalue weighted by atomic mass is 9.97. The summed E-state index contributed by atoms with van der Waals surface area (Å²) in [6.07, 6.45) is 1.46. The minimum absolute atomic E-state index is 0.00635. The molecule has 2 rings (SSSR count). The van der Waals surface area contributed by atoms with Crippen LogP contribution < -0.4 is 10.4 Å². The first-order valence-electron chi connectivity index (χ1n) is 7.46. The van der Waals surface area contributed by atoms with Crippen LogP contribution in [0.5, 0.6) is 0 Å². The molecule has 25 heavy (non-hydrogen) atoms. The molecule has 0 bridgehead atoms. The molecule has 0 aliphatic carbocycles. The lowest BCUT2D eigenvalue weighted by Gasteiger charge is -2.31. The second-order valence-corrected chi connectivity index (χ2v) is 7.43. The molecule has 0 unspecified atom stereocenters. The van der Waals surface area contributed by atoms with E-state index in [1.54, 1.807) is 5.01 Å². The number of rotatable bonds is 4. The van der Waals surface area contributed by atoms with Crippen molar-refractivity contribution >= 4 is 27.7 Å². The van der Waals surface area contributed by atoms with Gasteiger partial charge in [0.1, 0.15) is 11.9 Å². The van der Waals surface area contributed by atoms with Crippen molar-refractivity contribution < 1.29 is 9.18 Å². The summed E-state index contributed by atoms with van der Waals surface area (Å²) in [7, 11) is 0. The molecule has 8 heteroatoms. The molecule has 0 spiro atoms. The number of nitrogens with one attached hydrogen (secondary N) is 1. The number of amides is 1. The number of nitriles is 1. The number of hydrogen-bond acceptors (Lipinski definition) is 5. The van der Waals surface area contributed by atoms with Crippen molar-refractivity contribution in [3.8, 4) is 6.07 Å². The van der Waals surface area contributed by atoms with Crippen LogP contribution in [0.4, 0.5) is 10.2 Å². The molecule has 2 aromatic rings. The Bertz CT molecular complexity index is 811. The molecular weight excluding hydrogens is 389 g/mol. The molecular formula is C17H17BrFN5O. The fourth-order valence-corrected chi connectivity index (χ4v) is 2.44. The minimum atomic E-state index is -0.416. The van der Waals surface area contributed by atoms with Crippen molar-refractivity contribution in [2.75, 3.05) is 11.6 Å². The number of carbonyl (C=O) groups excluding carboxylic acids is 1. The summed E-state index contributed by atoms with van der Waals surface area (Å²) in [5, 5.41) is 10.6. The number of benzene rings is 1. The zero-order valence-electron chi connectivity index (χ0n) is 14.0. The summed E-state index contributed by atoms with van der Waals surface area (Å²) < 4.78 is 13.6. The maximum absolute atomic E-state index is 13.0. The fourth-order valence-electron chi connectivity index (χ4n) is 2.03. The Balaban J connectivity index is 2.35. The topological polar surface area (TPSA) is 81.9 Å². The summed E-state index contributed by atoms with van der Waals surface area (Å²) >= 11 is 3.35. The monoisotopic (exact) mass is 405 g/mol. The van der Waals surface area contributed by atoms with Gasteiger partial charge >= 0.3 is 0 Å². The van der Waals surface area contributed by atoms with Crippen molar-refractivity contribution in [1.29, 1.82) is 5.26 Å². The number of halogens is 2. The van der Waals surface area contributed by atoms with E-state index in [0.717, 1.165) is 0 Å². The highest BCUT2D eigenvalue weighted by atomic mass is 79.9. The third-order valence-corrected chi connectivity index (χ3v) is 3.62. The van der Waals surface area contributed by atoms with E-state index in [1.165, 1.54) is 30.5 Å². The van der Waals surface area contributed by atoms with Gasteiger partial charge in [0.05, 0.1) is 4.47 Å². The molecule has 0 atom stereocenters. The zero-order valence-corrected chi connectivity index (χ0v) is 15.6. The van der Waals surface area contributed by atoms with Gasteiger partial charge in [0.25, 0.3) is 5.91 Å². The van der Waals surface area contributed by atoms with E-state index in [1.807, 2.05) is 26.8 Å². The van der Waals surface area contributed by atoms with Crippen LogP contribution in [0.25, 0.3) is 0 Å². The molecule has 0 saturated carbocycles. The molecule has 0 fully saturated rings. The van der Waals surface area contributed by atoms with Crippen LogP contribution in [0.2, 0.25) is 0 Å². The summed E-state index contributed by atoms with van der Waals surface area (Å²) in [6.45, 7) is 6.44. The van der Waals surface area contributed by atoms with Gasteiger partial charge in [-0.05, 0) is 45.6 Å². The van der Waals surface area contributed by atoms with E-state index in [2.05, 4.69) is 31.3 Å². The highest BCUT2D eigenvalue weighted by Crippen LogP contribution is 2.25. The Morgan fingerprint density at radius 3 is 2.56 bits per heavy atom. The smallest absolute Gasteiger partial charge is 0.267 e. The van der Waals surface area contributed by atoms with Crippen molar-refractivity contribution in [2.45, 2.75) is 20.8 Å². The number of aromatic nitrogens is 2. The maximum atomic E-state index is 13.0. The van der Waals surface area contributed by atoms with E-state index < -0.39 is 11.7 Å². The van der Waals surface area contributed by atoms with Crippen LogP contribution in [-0.4, -0.2) is 22.4 Å². The molecule has 1 aromatic carbocycles. The van der Waals surface area contributed by atoms with E-state index in [-0.39, 0.29) is 11.2 Å². The predicted octanol–water partition coefficient (Wildman–Crippen LogP) is 3.45. The van der Waals surface area contributed by atoms with Gasteiger partial charge in [-0.25, -0.2) is 9.37 Å². The summed E-state index contributed by atoms with van der Waals surface area (Å²) in [5.41, 5.74) is 2.90. The second-order valence-electron chi connectivity index (χ2n) is 6.57. The quantitative estimate of drug-likeness (QED) is 0.787. The lowest BCUT2D eigenvalue weighted by molar-refractivity contribution is 0.0945. The summed E-state index contributed by atoms with van der Waals surface area (Å²) in [5.74, 6) is -0.460. The Morgan fingerprint density at radius 1 is 1.36 bits per heavy atom. The molecule has 130 valence electrons. The van der Waals surface area contributed by atoms with Crippen LogP contribution in [0, 0.1) is 22.6 Å². The van der Waals surface area contributed by atoms with E-state index in [4.69, 9.17) is 5.26 Å². The first-order valence-corrected chi connectivity index (χ1v) is 8.25. The standard InChI is InChI=1S/C17H17BrFN5O/c1-17(2,3)10-24(15-13(18)9-21-14(8-20)22-15)23-16(25)11-4-6-12(19)7-5-11/h4-7,9H,10H2,1-3H3,(H,23,25). The van der Waals surface area contributed by atoms with Gasteiger partial charge in [0, 0.05) is 18.3 Å². The van der Waals surface area contributed by atoms with Crippen molar-refractivity contribution in [3.05, 3.63) is 52.1 Å². The van der Waals surface area contributed by atoms with E-state index >= 15 is 0 Å². The van der Waals surface area contributed by atoms with Gasteiger partial charge in [0.2, 0.25) is 5.82 Å². The molecule has 0 radical (unpaired) electrons. The van der Waals surface area contributed by atoms with Crippen molar-refractivity contribution in [1.82, 2.24) is 15.4 Å². The Labute approximate surface area is 153 Å². The molecule has 1 heterocycles. The number of anilines is 1. The lowest BCUT2D eigenvalue weighted by Crippen LogP contribution is -2.47. The average molecular weight is 406 g/mol. The highest BCUT2D eigenvalue weighted by molar-refractivity contribution is 9.10. The zero-order chi connectivity index (χ0) is 18.6. The highest BCUT2D eigenvalue weighted by Gasteiger charge is 2.23. The summed E-state index contributed by atoms with van der Waals surface area (Å²) in [6, 6.07) is 7.12. The fraction of sp³-hybridized carbons (Fsp3) is 0.294. The van der Waals surface area contributed by atoms with Gasteiger partial charge in [0.15, 0.2) is 5.82 Å². The number of hydrazine groups is 1. The van der Waals surface area contributed by atoms with Crippen molar-refractivity contribution in [2.24, 2.45) is 5.41 Å². The molecule has 6 nitrogen and oxygen atoms in total. The van der Waals surface area contributed by atoms with Gasteiger partial charge in [-0.1, -0.05) is 20.8 Å².